The maximum absolute atomic E-state index is 13.7. The highest BCUT2D eigenvalue weighted by molar-refractivity contribution is 7.13. The molecule has 1 fully saturated rings. The van der Waals surface area contributed by atoms with E-state index in [1.807, 2.05) is 57.5 Å². The maximum atomic E-state index is 13.7. The second-order valence-electron chi connectivity index (χ2n) is 11.3. The predicted octanol–water partition coefficient (Wildman–Crippen LogP) is 3.84. The number of hydrogen-bond donors (Lipinski definition) is 3. The molecule has 2 heterocycles. The fourth-order valence-corrected chi connectivity index (χ4v) is 5.71. The Labute approximate surface area is 230 Å². The molecule has 4 N–H and O–H groups in total. The number of hydrogen-bond acceptors (Lipinski definition) is 7. The van der Waals surface area contributed by atoms with E-state index in [0.717, 1.165) is 41.0 Å². The molecule has 0 spiro atoms. The molecule has 0 aliphatic carbocycles. The van der Waals surface area contributed by atoms with E-state index < -0.39 is 23.5 Å². The average Bonchev–Trinajstić information content (AvgIpc) is 3.48. The number of nitrogens with two attached hydrogens (primary N) is 1. The lowest BCUT2D eigenvalue weighted by Gasteiger charge is -2.34. The van der Waals surface area contributed by atoms with Gasteiger partial charge < -0.3 is 21.1 Å². The highest BCUT2D eigenvalue weighted by Crippen LogP contribution is 2.34. The summed E-state index contributed by atoms with van der Waals surface area (Å²) in [7, 11) is 0. The third-order valence-electron chi connectivity index (χ3n) is 7.23. The quantitative estimate of drug-likeness (QED) is 0.350. The number of aromatic nitrogens is 1. The molecule has 1 aromatic heterocycles. The number of aliphatic hydroxyl groups excluding tert-OH is 1. The van der Waals surface area contributed by atoms with Crippen LogP contribution < -0.4 is 11.1 Å². The number of amides is 2. The number of carbonyl (C=O) groups excluding carboxylic acids is 3. The topological polar surface area (TPSA) is 126 Å². The maximum Gasteiger partial charge on any atom is 0.243 e. The summed E-state index contributed by atoms with van der Waals surface area (Å²) in [4.78, 5) is 46.5. The highest BCUT2D eigenvalue weighted by Gasteiger charge is 2.44. The summed E-state index contributed by atoms with van der Waals surface area (Å²) in [5.41, 5.74) is 9.91. The van der Waals surface area contributed by atoms with Gasteiger partial charge in [-0.3, -0.25) is 14.4 Å². The van der Waals surface area contributed by atoms with Crippen molar-refractivity contribution in [3.05, 3.63) is 41.0 Å². The molecule has 1 aliphatic rings. The van der Waals surface area contributed by atoms with Gasteiger partial charge in [0.25, 0.3) is 0 Å². The van der Waals surface area contributed by atoms with Gasteiger partial charge in [-0.05, 0) is 42.9 Å². The number of unbranched alkanes of at least 4 members (excludes halogenated alkanes) is 2. The molecule has 9 heteroatoms. The van der Waals surface area contributed by atoms with E-state index in [2.05, 4.69) is 10.3 Å². The SMILES string of the molecule is Cc1ncsc1-c1ccc(CNC(=O)[C@@H]2C[C@@H](O)CN2C(=O)[C@@H](CC(=O)CCCCCN)C(C)(C)C)cc1. The Morgan fingerprint density at radius 1 is 1.18 bits per heavy atom. The van der Waals surface area contributed by atoms with Crippen LogP contribution >= 0.6 is 11.3 Å². The van der Waals surface area contributed by atoms with Gasteiger partial charge in [0, 0.05) is 38.3 Å². The molecule has 0 saturated carbocycles. The van der Waals surface area contributed by atoms with Gasteiger partial charge in [-0.1, -0.05) is 51.5 Å². The van der Waals surface area contributed by atoms with Gasteiger partial charge in [-0.15, -0.1) is 11.3 Å². The summed E-state index contributed by atoms with van der Waals surface area (Å²) in [6, 6.07) is 7.20. The van der Waals surface area contributed by atoms with Crippen molar-refractivity contribution >= 4 is 28.9 Å². The number of rotatable bonds is 12. The van der Waals surface area contributed by atoms with Gasteiger partial charge in [0.15, 0.2) is 0 Å². The Kier molecular flexibility index (Phi) is 10.6. The lowest BCUT2D eigenvalue weighted by Crippen LogP contribution is -2.50. The van der Waals surface area contributed by atoms with Gasteiger partial charge >= 0.3 is 0 Å². The van der Waals surface area contributed by atoms with Crippen molar-refractivity contribution in [3.8, 4) is 10.4 Å². The minimum atomic E-state index is -0.774. The second kappa shape index (κ2) is 13.4. The van der Waals surface area contributed by atoms with E-state index in [1.165, 1.54) is 4.90 Å². The third-order valence-corrected chi connectivity index (χ3v) is 8.21. The number of ketones is 1. The highest BCUT2D eigenvalue weighted by atomic mass is 32.1. The van der Waals surface area contributed by atoms with Crippen LogP contribution in [0.1, 0.15) is 70.6 Å². The number of likely N-dealkylation sites (tertiary alicyclic amines) is 1. The fourth-order valence-electron chi connectivity index (χ4n) is 4.90. The zero-order valence-electron chi connectivity index (χ0n) is 23.0. The van der Waals surface area contributed by atoms with Crippen molar-refractivity contribution in [3.63, 3.8) is 0 Å². The summed E-state index contributed by atoms with van der Waals surface area (Å²) in [6.07, 6.45) is 2.51. The molecule has 2 aromatic rings. The van der Waals surface area contributed by atoms with E-state index in [1.54, 1.807) is 11.3 Å². The number of aliphatic hydroxyl groups is 1. The van der Waals surface area contributed by atoms with Crippen molar-refractivity contribution in [2.45, 2.75) is 84.9 Å². The molecule has 8 nitrogen and oxygen atoms in total. The standard InChI is InChI=1S/C29H42N4O4S/c1-19-26(38-18-32-19)21-11-9-20(10-12-21)16-31-27(36)25-15-23(35)17-33(25)28(37)24(29(2,3)4)14-22(34)8-6-5-7-13-30/h9-12,18,23-25,35H,5-8,13-17,30H2,1-4H3,(H,31,36)/t23-,24-,25+/m1/s1. The number of nitrogens with zero attached hydrogens (tertiary/aromatic N) is 2. The van der Waals surface area contributed by atoms with E-state index in [0.29, 0.717) is 19.5 Å². The first-order chi connectivity index (χ1) is 18.0. The van der Waals surface area contributed by atoms with Crippen LogP contribution in [0, 0.1) is 18.3 Å². The number of β-amino-alcohol motifs (C(OH)–C–C–N with tert-alkyl or cyclic N) is 1. The van der Waals surface area contributed by atoms with Crippen LogP contribution in [0.3, 0.4) is 0 Å². The molecule has 0 unspecified atom stereocenters. The molecule has 38 heavy (non-hydrogen) atoms. The lowest BCUT2D eigenvalue weighted by atomic mass is 9.76. The molecule has 1 aliphatic heterocycles. The molecule has 0 bridgehead atoms. The van der Waals surface area contributed by atoms with E-state index in [9.17, 15) is 19.5 Å². The molecular formula is C29H42N4O4S. The van der Waals surface area contributed by atoms with Gasteiger partial charge in [-0.2, -0.15) is 0 Å². The van der Waals surface area contributed by atoms with Crippen molar-refractivity contribution < 1.29 is 19.5 Å². The molecule has 3 rings (SSSR count). The van der Waals surface area contributed by atoms with Crippen molar-refractivity contribution in [2.75, 3.05) is 13.1 Å². The van der Waals surface area contributed by atoms with Crippen LogP contribution in [0.5, 0.6) is 0 Å². The average molecular weight is 543 g/mol. The van der Waals surface area contributed by atoms with Crippen LogP contribution in [0.25, 0.3) is 10.4 Å². The van der Waals surface area contributed by atoms with Crippen LogP contribution in [-0.4, -0.2) is 57.8 Å². The van der Waals surface area contributed by atoms with Crippen LogP contribution in [0.4, 0.5) is 0 Å². The Bertz CT molecular complexity index is 1090. The van der Waals surface area contributed by atoms with Gasteiger partial charge in [0.2, 0.25) is 11.8 Å². The molecular weight excluding hydrogens is 500 g/mol. The van der Waals surface area contributed by atoms with Gasteiger partial charge in [-0.25, -0.2) is 4.98 Å². The van der Waals surface area contributed by atoms with Crippen LogP contribution in [0.2, 0.25) is 0 Å². The first kappa shape index (κ1) is 29.9. The Hall–Kier alpha value is -2.62. The van der Waals surface area contributed by atoms with E-state index >= 15 is 0 Å². The van der Waals surface area contributed by atoms with Crippen LogP contribution in [0.15, 0.2) is 29.8 Å². The smallest absolute Gasteiger partial charge is 0.243 e. The molecule has 2 amide bonds. The number of aryl methyl sites for hydroxylation is 1. The summed E-state index contributed by atoms with van der Waals surface area (Å²) < 4.78 is 0. The van der Waals surface area contributed by atoms with Crippen molar-refractivity contribution in [1.29, 1.82) is 0 Å². The van der Waals surface area contributed by atoms with Crippen molar-refractivity contribution in [1.82, 2.24) is 15.2 Å². The molecule has 0 radical (unpaired) electrons. The Balaban J connectivity index is 1.63. The molecule has 1 saturated heterocycles. The third kappa shape index (κ3) is 7.94. The summed E-state index contributed by atoms with van der Waals surface area (Å²) in [5.74, 6) is -1.05. The first-order valence-corrected chi connectivity index (χ1v) is 14.4. The molecule has 208 valence electrons. The number of Topliss-reactive ketones (excluding diaryl/α,β-unsaturated/α-hetero) is 1. The minimum Gasteiger partial charge on any atom is -0.391 e. The van der Waals surface area contributed by atoms with Crippen molar-refractivity contribution in [2.24, 2.45) is 17.1 Å². The summed E-state index contributed by atoms with van der Waals surface area (Å²) in [6.45, 7) is 8.82. The summed E-state index contributed by atoms with van der Waals surface area (Å²) in [5, 5.41) is 13.3. The number of nitrogens with one attached hydrogen (secondary N) is 1. The minimum absolute atomic E-state index is 0.0491. The zero-order valence-corrected chi connectivity index (χ0v) is 23.9. The number of thiazole rings is 1. The van der Waals surface area contributed by atoms with Crippen LogP contribution in [-0.2, 0) is 20.9 Å². The zero-order chi connectivity index (χ0) is 27.9. The van der Waals surface area contributed by atoms with Gasteiger partial charge in [0.1, 0.15) is 11.8 Å². The fraction of sp³-hybridized carbons (Fsp3) is 0.586. The normalized spacial score (nSPS) is 18.4. The predicted molar refractivity (Wildman–Crippen MR) is 150 cm³/mol. The number of benzene rings is 1. The van der Waals surface area contributed by atoms with Gasteiger partial charge in [0.05, 0.1) is 22.2 Å². The lowest BCUT2D eigenvalue weighted by molar-refractivity contribution is -0.146. The Morgan fingerprint density at radius 3 is 2.50 bits per heavy atom. The number of carbonyl (C=O) groups is 3. The van der Waals surface area contributed by atoms with E-state index in [-0.39, 0.29) is 37.0 Å². The molecule has 1 aromatic carbocycles. The largest absolute Gasteiger partial charge is 0.391 e. The monoisotopic (exact) mass is 542 g/mol. The Morgan fingerprint density at radius 2 is 1.89 bits per heavy atom. The first-order valence-electron chi connectivity index (χ1n) is 13.5. The molecule has 3 atom stereocenters. The second-order valence-corrected chi connectivity index (χ2v) is 12.2. The summed E-state index contributed by atoms with van der Waals surface area (Å²) >= 11 is 1.59. The van der Waals surface area contributed by atoms with E-state index in [4.69, 9.17) is 5.73 Å².